The summed E-state index contributed by atoms with van der Waals surface area (Å²) >= 11 is 0. The van der Waals surface area contributed by atoms with Gasteiger partial charge >= 0.3 is 0 Å². The third-order valence-electron chi connectivity index (χ3n) is 1.04. The first kappa shape index (κ1) is 11.1. The lowest BCUT2D eigenvalue weighted by Gasteiger charge is -1.85. The SMILES string of the molecule is CNS(C)(=O)=O.c1ccccc1. The maximum absolute atomic E-state index is 9.89. The van der Waals surface area contributed by atoms with E-state index in [0.717, 1.165) is 6.26 Å². The highest BCUT2D eigenvalue weighted by Gasteiger charge is 1.88. The Bertz CT molecular complexity index is 254. The number of nitrogens with one attached hydrogen (secondary N) is 1. The van der Waals surface area contributed by atoms with Crippen LogP contribution in [-0.2, 0) is 10.0 Å². The van der Waals surface area contributed by atoms with Gasteiger partial charge in [0.05, 0.1) is 6.26 Å². The van der Waals surface area contributed by atoms with Gasteiger partial charge in [0, 0.05) is 0 Å². The van der Waals surface area contributed by atoms with Crippen LogP contribution in [0.1, 0.15) is 0 Å². The van der Waals surface area contributed by atoms with Crippen molar-refractivity contribution >= 4 is 10.0 Å². The van der Waals surface area contributed by atoms with E-state index in [2.05, 4.69) is 4.72 Å². The normalized spacial score (nSPS) is 9.83. The zero-order chi connectivity index (χ0) is 9.45. The molecule has 12 heavy (non-hydrogen) atoms. The predicted octanol–water partition coefficient (Wildman–Crippen LogP) is 0.852. The number of hydrogen-bond acceptors (Lipinski definition) is 2. The van der Waals surface area contributed by atoms with Crippen molar-refractivity contribution in [2.75, 3.05) is 13.3 Å². The van der Waals surface area contributed by atoms with Crippen molar-refractivity contribution in [2.45, 2.75) is 0 Å². The molecule has 3 nitrogen and oxygen atoms in total. The summed E-state index contributed by atoms with van der Waals surface area (Å²) in [7, 11) is -1.54. The van der Waals surface area contributed by atoms with Crippen LogP contribution < -0.4 is 4.72 Å². The quantitative estimate of drug-likeness (QED) is 0.708. The number of hydrogen-bond donors (Lipinski definition) is 1. The predicted molar refractivity (Wildman–Crippen MR) is 50.3 cm³/mol. The molecular formula is C8H13NO2S. The summed E-state index contributed by atoms with van der Waals surface area (Å²) in [6.07, 6.45) is 1.10. The Morgan fingerprint density at radius 3 is 1.17 bits per heavy atom. The molecule has 1 aromatic rings. The Kier molecular flexibility index (Phi) is 5.32. The monoisotopic (exact) mass is 187 g/mol. The zero-order valence-electron chi connectivity index (χ0n) is 7.19. The second-order valence-corrected chi connectivity index (χ2v) is 4.08. The van der Waals surface area contributed by atoms with Gasteiger partial charge in [-0.1, -0.05) is 36.4 Å². The van der Waals surface area contributed by atoms with Gasteiger partial charge in [0.15, 0.2) is 0 Å². The van der Waals surface area contributed by atoms with Crippen molar-refractivity contribution in [3.05, 3.63) is 36.4 Å². The molecule has 0 spiro atoms. The van der Waals surface area contributed by atoms with Crippen LogP contribution in [0.25, 0.3) is 0 Å². The fraction of sp³-hybridized carbons (Fsp3) is 0.250. The van der Waals surface area contributed by atoms with E-state index < -0.39 is 10.0 Å². The van der Waals surface area contributed by atoms with Crippen molar-refractivity contribution in [1.29, 1.82) is 0 Å². The Morgan fingerprint density at radius 2 is 1.08 bits per heavy atom. The molecule has 1 N–H and O–H groups in total. The van der Waals surface area contributed by atoms with E-state index in [4.69, 9.17) is 0 Å². The van der Waals surface area contributed by atoms with Crippen molar-refractivity contribution in [3.8, 4) is 0 Å². The molecule has 0 amide bonds. The minimum absolute atomic E-state index is 1.10. The molecule has 0 aliphatic rings. The smallest absolute Gasteiger partial charge is 0.208 e. The summed E-state index contributed by atoms with van der Waals surface area (Å²) in [5, 5.41) is 0. The highest BCUT2D eigenvalue weighted by molar-refractivity contribution is 7.88. The van der Waals surface area contributed by atoms with E-state index in [1.165, 1.54) is 7.05 Å². The van der Waals surface area contributed by atoms with Crippen LogP contribution in [0.5, 0.6) is 0 Å². The first-order valence-corrected chi connectivity index (χ1v) is 5.34. The van der Waals surface area contributed by atoms with Crippen molar-refractivity contribution in [2.24, 2.45) is 0 Å². The van der Waals surface area contributed by atoms with Gasteiger partial charge in [-0.05, 0) is 7.05 Å². The molecule has 0 saturated carbocycles. The van der Waals surface area contributed by atoms with Crippen LogP contribution in [0.2, 0.25) is 0 Å². The summed E-state index contributed by atoms with van der Waals surface area (Å²) < 4.78 is 21.9. The fourth-order valence-corrected chi connectivity index (χ4v) is 0.385. The second-order valence-electron chi connectivity index (χ2n) is 2.13. The van der Waals surface area contributed by atoms with Crippen LogP contribution in [0.4, 0.5) is 0 Å². The largest absolute Gasteiger partial charge is 0.219 e. The molecule has 0 radical (unpaired) electrons. The minimum Gasteiger partial charge on any atom is -0.219 e. The van der Waals surface area contributed by atoms with Gasteiger partial charge in [-0.3, -0.25) is 0 Å². The molecule has 4 heteroatoms. The lowest BCUT2D eigenvalue weighted by molar-refractivity contribution is 0.594. The molecule has 68 valence electrons. The van der Waals surface area contributed by atoms with Gasteiger partial charge in [-0.25, -0.2) is 13.1 Å². The molecular weight excluding hydrogens is 174 g/mol. The summed E-state index contributed by atoms with van der Waals surface area (Å²) in [5.74, 6) is 0. The molecule has 0 fully saturated rings. The van der Waals surface area contributed by atoms with E-state index >= 15 is 0 Å². The van der Waals surface area contributed by atoms with E-state index in [1.54, 1.807) is 0 Å². The number of sulfonamides is 1. The molecule has 1 rings (SSSR count). The number of benzene rings is 1. The van der Waals surface area contributed by atoms with Gasteiger partial charge in [-0.15, -0.1) is 0 Å². The van der Waals surface area contributed by atoms with Gasteiger partial charge in [0.1, 0.15) is 0 Å². The topological polar surface area (TPSA) is 46.2 Å². The van der Waals surface area contributed by atoms with Crippen LogP contribution in [0.15, 0.2) is 36.4 Å². The molecule has 0 unspecified atom stereocenters. The summed E-state index contributed by atoms with van der Waals surface area (Å²) in [6.45, 7) is 0. The molecule has 0 heterocycles. The van der Waals surface area contributed by atoms with Gasteiger partial charge in [0.2, 0.25) is 10.0 Å². The maximum Gasteiger partial charge on any atom is 0.208 e. The summed E-state index contributed by atoms with van der Waals surface area (Å²) in [6, 6.07) is 12.0. The summed E-state index contributed by atoms with van der Waals surface area (Å²) in [4.78, 5) is 0. The zero-order valence-corrected chi connectivity index (χ0v) is 8.01. The van der Waals surface area contributed by atoms with Crippen LogP contribution in [-0.4, -0.2) is 21.7 Å². The van der Waals surface area contributed by atoms with Gasteiger partial charge in [0.25, 0.3) is 0 Å². The van der Waals surface area contributed by atoms with Crippen molar-refractivity contribution in [3.63, 3.8) is 0 Å². The minimum atomic E-state index is -2.91. The molecule has 0 saturated heterocycles. The lowest BCUT2D eigenvalue weighted by Crippen LogP contribution is -2.15. The van der Waals surface area contributed by atoms with Crippen molar-refractivity contribution < 1.29 is 8.42 Å². The third kappa shape index (κ3) is 9.13. The highest BCUT2D eigenvalue weighted by Crippen LogP contribution is 1.79. The van der Waals surface area contributed by atoms with E-state index in [0.29, 0.717) is 0 Å². The van der Waals surface area contributed by atoms with Crippen LogP contribution in [0, 0.1) is 0 Å². The van der Waals surface area contributed by atoms with E-state index in [-0.39, 0.29) is 0 Å². The Balaban J connectivity index is 0.000000202. The number of rotatable bonds is 1. The Hall–Kier alpha value is -0.870. The van der Waals surface area contributed by atoms with Crippen molar-refractivity contribution in [1.82, 2.24) is 4.72 Å². The molecule has 0 bridgehead atoms. The average Bonchev–Trinajstić information content (AvgIpc) is 2.07. The summed E-state index contributed by atoms with van der Waals surface area (Å²) in [5.41, 5.74) is 0. The maximum atomic E-state index is 9.89. The first-order valence-electron chi connectivity index (χ1n) is 3.45. The van der Waals surface area contributed by atoms with E-state index in [9.17, 15) is 8.42 Å². The fourth-order valence-electron chi connectivity index (χ4n) is 0.385. The molecule has 0 aliphatic carbocycles. The van der Waals surface area contributed by atoms with Crippen LogP contribution in [0.3, 0.4) is 0 Å². The van der Waals surface area contributed by atoms with Crippen LogP contribution >= 0.6 is 0 Å². The third-order valence-corrected chi connectivity index (χ3v) is 1.78. The lowest BCUT2D eigenvalue weighted by atomic mass is 10.4. The molecule has 1 aromatic carbocycles. The second kappa shape index (κ2) is 5.74. The van der Waals surface area contributed by atoms with Gasteiger partial charge in [-0.2, -0.15) is 0 Å². The highest BCUT2D eigenvalue weighted by atomic mass is 32.2. The average molecular weight is 187 g/mol. The molecule has 0 aliphatic heterocycles. The first-order chi connectivity index (χ1) is 5.56. The molecule has 0 aromatic heterocycles. The Labute approximate surface area is 73.5 Å². The Morgan fingerprint density at radius 1 is 0.917 bits per heavy atom. The van der Waals surface area contributed by atoms with Gasteiger partial charge < -0.3 is 0 Å². The molecule has 0 atom stereocenters. The standard InChI is InChI=1S/C6H6.C2H7NO2S/c1-2-4-6-5-3-1;1-3-6(2,4)5/h1-6H;3H,1-2H3. The van der Waals surface area contributed by atoms with E-state index in [1.807, 2.05) is 36.4 Å².